The van der Waals surface area contributed by atoms with Crippen LogP contribution in [0.25, 0.3) is 11.1 Å². The summed E-state index contributed by atoms with van der Waals surface area (Å²) in [7, 11) is 2.04. The lowest BCUT2D eigenvalue weighted by atomic mass is 10.0. The third kappa shape index (κ3) is 1.96. The zero-order chi connectivity index (χ0) is 11.8. The monoisotopic (exact) mass is 307 g/mol. The van der Waals surface area contributed by atoms with Crippen molar-refractivity contribution in [3.63, 3.8) is 0 Å². The molecule has 2 aromatic rings. The van der Waals surface area contributed by atoms with Crippen molar-refractivity contribution in [1.82, 2.24) is 5.32 Å². The summed E-state index contributed by atoms with van der Waals surface area (Å²) in [5.41, 5.74) is 5.61. The molecule has 0 aliphatic heterocycles. The molecule has 3 rings (SSSR count). The Labute approximate surface area is 114 Å². The van der Waals surface area contributed by atoms with Crippen molar-refractivity contribution in [3.05, 3.63) is 44.6 Å². The van der Waals surface area contributed by atoms with E-state index in [1.54, 1.807) is 11.3 Å². The third-order valence-electron chi connectivity index (χ3n) is 3.49. The molecule has 1 N–H and O–H groups in total. The highest BCUT2D eigenvalue weighted by Crippen LogP contribution is 2.37. The summed E-state index contributed by atoms with van der Waals surface area (Å²) < 4.78 is 1.20. The molecule has 1 aliphatic rings. The van der Waals surface area contributed by atoms with Crippen LogP contribution in [0.2, 0.25) is 0 Å². The van der Waals surface area contributed by atoms with Gasteiger partial charge in [-0.05, 0) is 57.9 Å². The number of nitrogens with one attached hydrogen (secondary N) is 1. The van der Waals surface area contributed by atoms with Gasteiger partial charge in [0, 0.05) is 21.5 Å². The summed E-state index contributed by atoms with van der Waals surface area (Å²) in [6, 6.07) is 7.41. The first-order valence-electron chi connectivity index (χ1n) is 5.81. The van der Waals surface area contributed by atoms with Crippen LogP contribution in [0, 0.1) is 0 Å². The molecule has 0 radical (unpaired) electrons. The van der Waals surface area contributed by atoms with Crippen molar-refractivity contribution in [2.24, 2.45) is 0 Å². The maximum absolute atomic E-state index is 3.61. The molecule has 3 heteroatoms. The quantitative estimate of drug-likeness (QED) is 0.868. The standard InChI is InChI=1S/C14H14BrNS/c1-16-14-5-3-9-6-10(2-4-11(9)14)12-7-17-8-13(12)15/h2,4,6-8,14,16H,3,5H2,1H3. The first-order chi connectivity index (χ1) is 8.29. The molecule has 0 saturated carbocycles. The molecular weight excluding hydrogens is 294 g/mol. The molecule has 0 saturated heterocycles. The molecule has 0 fully saturated rings. The van der Waals surface area contributed by atoms with Gasteiger partial charge in [-0.2, -0.15) is 11.3 Å². The molecule has 1 unspecified atom stereocenters. The molecule has 0 bridgehead atoms. The second-order valence-corrected chi connectivity index (χ2v) is 6.02. The highest BCUT2D eigenvalue weighted by atomic mass is 79.9. The van der Waals surface area contributed by atoms with E-state index < -0.39 is 0 Å². The normalized spacial score (nSPS) is 18.4. The minimum atomic E-state index is 0.546. The number of benzene rings is 1. The Morgan fingerprint density at radius 1 is 1.35 bits per heavy atom. The summed E-state index contributed by atoms with van der Waals surface area (Å²) in [5, 5.41) is 7.72. The Kier molecular flexibility index (Phi) is 3.07. The maximum atomic E-state index is 3.61. The molecule has 1 nitrogen and oxygen atoms in total. The zero-order valence-corrected chi connectivity index (χ0v) is 12.1. The van der Waals surface area contributed by atoms with Gasteiger partial charge in [0.1, 0.15) is 0 Å². The van der Waals surface area contributed by atoms with E-state index >= 15 is 0 Å². The minimum absolute atomic E-state index is 0.546. The average Bonchev–Trinajstić information content (AvgIpc) is 2.93. The second kappa shape index (κ2) is 4.56. The second-order valence-electron chi connectivity index (χ2n) is 4.43. The van der Waals surface area contributed by atoms with E-state index in [1.165, 1.54) is 39.6 Å². The number of thiophene rings is 1. The number of hydrogen-bond acceptors (Lipinski definition) is 2. The van der Waals surface area contributed by atoms with Gasteiger partial charge in [-0.3, -0.25) is 0 Å². The van der Waals surface area contributed by atoms with Crippen molar-refractivity contribution in [3.8, 4) is 11.1 Å². The summed E-state index contributed by atoms with van der Waals surface area (Å²) in [6.07, 6.45) is 2.41. The maximum Gasteiger partial charge on any atom is 0.0360 e. The van der Waals surface area contributed by atoms with Gasteiger partial charge in [-0.1, -0.05) is 18.2 Å². The van der Waals surface area contributed by atoms with Gasteiger partial charge in [-0.25, -0.2) is 0 Å². The molecule has 88 valence electrons. The van der Waals surface area contributed by atoms with Crippen LogP contribution in [-0.4, -0.2) is 7.05 Å². The fraction of sp³-hybridized carbons (Fsp3) is 0.286. The molecule has 17 heavy (non-hydrogen) atoms. The minimum Gasteiger partial charge on any atom is -0.313 e. The van der Waals surface area contributed by atoms with Crippen molar-refractivity contribution < 1.29 is 0 Å². The fourth-order valence-corrected chi connectivity index (χ4v) is 4.10. The lowest BCUT2D eigenvalue weighted by Crippen LogP contribution is -2.12. The van der Waals surface area contributed by atoms with Crippen LogP contribution in [0.5, 0.6) is 0 Å². The number of aryl methyl sites for hydroxylation is 1. The van der Waals surface area contributed by atoms with Gasteiger partial charge in [-0.15, -0.1) is 0 Å². The SMILES string of the molecule is CNC1CCc2cc(-c3cscc3Br)ccc21. The highest BCUT2D eigenvalue weighted by molar-refractivity contribution is 9.10. The largest absolute Gasteiger partial charge is 0.313 e. The fourth-order valence-electron chi connectivity index (χ4n) is 2.57. The Morgan fingerprint density at radius 3 is 2.94 bits per heavy atom. The Bertz CT molecular complexity index is 547. The Hall–Kier alpha value is -0.640. The zero-order valence-electron chi connectivity index (χ0n) is 9.66. The lowest BCUT2D eigenvalue weighted by Gasteiger charge is -2.10. The number of hydrogen-bond donors (Lipinski definition) is 1. The number of halogens is 1. The van der Waals surface area contributed by atoms with Gasteiger partial charge in [0.05, 0.1) is 0 Å². The van der Waals surface area contributed by atoms with E-state index in [4.69, 9.17) is 0 Å². The predicted octanol–water partition coefficient (Wildman–Crippen LogP) is 4.38. The summed E-state index contributed by atoms with van der Waals surface area (Å²) in [4.78, 5) is 0. The molecule has 1 aromatic carbocycles. The van der Waals surface area contributed by atoms with Gasteiger partial charge >= 0.3 is 0 Å². The molecule has 1 aliphatic carbocycles. The van der Waals surface area contributed by atoms with E-state index in [0.717, 1.165) is 0 Å². The van der Waals surface area contributed by atoms with Gasteiger partial charge in [0.15, 0.2) is 0 Å². The van der Waals surface area contributed by atoms with Crippen LogP contribution in [0.3, 0.4) is 0 Å². The molecule has 0 amide bonds. The van der Waals surface area contributed by atoms with Crippen molar-refractivity contribution >= 4 is 27.3 Å². The van der Waals surface area contributed by atoms with Crippen molar-refractivity contribution in [2.45, 2.75) is 18.9 Å². The van der Waals surface area contributed by atoms with Crippen LogP contribution in [0.4, 0.5) is 0 Å². The highest BCUT2D eigenvalue weighted by Gasteiger charge is 2.21. The number of rotatable bonds is 2. The van der Waals surface area contributed by atoms with Gasteiger partial charge in [0.25, 0.3) is 0 Å². The molecule has 1 heterocycles. The molecule has 0 spiro atoms. The van der Waals surface area contributed by atoms with Crippen LogP contribution >= 0.6 is 27.3 Å². The summed E-state index contributed by atoms with van der Waals surface area (Å²) >= 11 is 5.35. The summed E-state index contributed by atoms with van der Waals surface area (Å²) in [6.45, 7) is 0. The van der Waals surface area contributed by atoms with Crippen molar-refractivity contribution in [2.75, 3.05) is 7.05 Å². The molecular formula is C14H14BrNS. The van der Waals surface area contributed by atoms with Crippen LogP contribution in [0.15, 0.2) is 33.4 Å². The Morgan fingerprint density at radius 2 is 2.24 bits per heavy atom. The van der Waals surface area contributed by atoms with E-state index in [1.807, 2.05) is 7.05 Å². The molecule has 1 aromatic heterocycles. The smallest absolute Gasteiger partial charge is 0.0360 e. The molecule has 1 atom stereocenters. The lowest BCUT2D eigenvalue weighted by molar-refractivity contribution is 0.590. The van der Waals surface area contributed by atoms with Crippen LogP contribution in [-0.2, 0) is 6.42 Å². The van der Waals surface area contributed by atoms with Crippen LogP contribution in [0.1, 0.15) is 23.6 Å². The third-order valence-corrected chi connectivity index (χ3v) is 5.20. The van der Waals surface area contributed by atoms with E-state index in [2.05, 4.69) is 50.2 Å². The summed E-state index contributed by atoms with van der Waals surface area (Å²) in [5.74, 6) is 0. The predicted molar refractivity (Wildman–Crippen MR) is 77.6 cm³/mol. The van der Waals surface area contributed by atoms with Crippen LogP contribution < -0.4 is 5.32 Å². The average molecular weight is 308 g/mol. The van der Waals surface area contributed by atoms with Gasteiger partial charge < -0.3 is 5.32 Å². The Balaban J connectivity index is 2.03. The van der Waals surface area contributed by atoms with E-state index in [9.17, 15) is 0 Å². The van der Waals surface area contributed by atoms with Crippen molar-refractivity contribution in [1.29, 1.82) is 0 Å². The van der Waals surface area contributed by atoms with E-state index in [0.29, 0.717) is 6.04 Å². The number of fused-ring (bicyclic) bond motifs is 1. The topological polar surface area (TPSA) is 12.0 Å². The first-order valence-corrected chi connectivity index (χ1v) is 7.55. The first kappa shape index (κ1) is 11.5. The van der Waals surface area contributed by atoms with Gasteiger partial charge in [0.2, 0.25) is 0 Å². The van der Waals surface area contributed by atoms with E-state index in [-0.39, 0.29) is 0 Å².